The first-order valence-corrected chi connectivity index (χ1v) is 6.89. The summed E-state index contributed by atoms with van der Waals surface area (Å²) in [6.45, 7) is 0.346. The number of nitrogens with one attached hydrogen (secondary N) is 1. The van der Waals surface area contributed by atoms with Gasteiger partial charge in [-0.3, -0.25) is 9.59 Å². The average molecular weight is 309 g/mol. The molecule has 0 radical (unpaired) electrons. The molecule has 0 fully saturated rings. The van der Waals surface area contributed by atoms with E-state index >= 15 is 0 Å². The van der Waals surface area contributed by atoms with Crippen molar-refractivity contribution < 1.29 is 14.3 Å². The van der Waals surface area contributed by atoms with Gasteiger partial charge in [-0.25, -0.2) is 4.98 Å². The Balaban J connectivity index is 2.16. The van der Waals surface area contributed by atoms with Crippen molar-refractivity contribution in [2.75, 3.05) is 12.4 Å². The molecule has 2 aromatic rings. The SMILES string of the molecule is COCc1cccc(C(=O)C(C#N)C(=O)Nc2ccccn2)c1. The van der Waals surface area contributed by atoms with Gasteiger partial charge in [-0.2, -0.15) is 5.26 Å². The van der Waals surface area contributed by atoms with Crippen LogP contribution >= 0.6 is 0 Å². The van der Waals surface area contributed by atoms with Crippen molar-refractivity contribution >= 4 is 17.5 Å². The van der Waals surface area contributed by atoms with Crippen LogP contribution in [0.25, 0.3) is 0 Å². The van der Waals surface area contributed by atoms with Crippen LogP contribution in [0.15, 0.2) is 48.7 Å². The van der Waals surface area contributed by atoms with E-state index in [0.717, 1.165) is 5.56 Å². The lowest BCUT2D eigenvalue weighted by atomic mass is 9.97. The number of amides is 1. The summed E-state index contributed by atoms with van der Waals surface area (Å²) in [4.78, 5) is 28.5. The van der Waals surface area contributed by atoms with Gasteiger partial charge in [-0.05, 0) is 23.8 Å². The van der Waals surface area contributed by atoms with Gasteiger partial charge in [0.25, 0.3) is 5.91 Å². The van der Waals surface area contributed by atoms with Gasteiger partial charge >= 0.3 is 0 Å². The van der Waals surface area contributed by atoms with E-state index in [0.29, 0.717) is 18.0 Å². The molecule has 1 heterocycles. The second-order valence-electron chi connectivity index (χ2n) is 4.76. The molecule has 0 saturated carbocycles. The Morgan fingerprint density at radius 1 is 1.30 bits per heavy atom. The number of hydrogen-bond acceptors (Lipinski definition) is 5. The summed E-state index contributed by atoms with van der Waals surface area (Å²) in [6.07, 6.45) is 1.51. The van der Waals surface area contributed by atoms with Crippen LogP contribution in [0.2, 0.25) is 0 Å². The Labute approximate surface area is 133 Å². The molecule has 0 spiro atoms. The quantitative estimate of drug-likeness (QED) is 0.652. The number of ketones is 1. The zero-order valence-electron chi connectivity index (χ0n) is 12.5. The van der Waals surface area contributed by atoms with Crippen LogP contribution in [0, 0.1) is 17.2 Å². The highest BCUT2D eigenvalue weighted by atomic mass is 16.5. The van der Waals surface area contributed by atoms with Gasteiger partial charge in [-0.15, -0.1) is 0 Å². The maximum Gasteiger partial charge on any atom is 0.250 e. The molecule has 23 heavy (non-hydrogen) atoms. The molecule has 2 rings (SSSR count). The maximum absolute atomic E-state index is 12.4. The average Bonchev–Trinajstić information content (AvgIpc) is 2.57. The van der Waals surface area contributed by atoms with Gasteiger partial charge in [0.2, 0.25) is 0 Å². The fourth-order valence-electron chi connectivity index (χ4n) is 2.02. The molecule has 0 saturated heterocycles. The predicted octanol–water partition coefficient (Wildman–Crippen LogP) is 2.19. The van der Waals surface area contributed by atoms with E-state index in [1.807, 2.05) is 0 Å². The number of pyridine rings is 1. The number of nitriles is 1. The fraction of sp³-hybridized carbons (Fsp3) is 0.176. The van der Waals surface area contributed by atoms with Crippen LogP contribution in [0.1, 0.15) is 15.9 Å². The molecular formula is C17H15N3O3. The number of nitrogens with zero attached hydrogens (tertiary/aromatic N) is 2. The molecule has 1 amide bonds. The molecule has 1 atom stereocenters. The van der Waals surface area contributed by atoms with Crippen molar-refractivity contribution in [1.29, 1.82) is 5.26 Å². The van der Waals surface area contributed by atoms with Crippen molar-refractivity contribution in [3.8, 4) is 6.07 Å². The van der Waals surface area contributed by atoms with Gasteiger partial charge in [-0.1, -0.05) is 24.3 Å². The van der Waals surface area contributed by atoms with Crippen LogP contribution in [-0.4, -0.2) is 23.8 Å². The molecule has 116 valence electrons. The Morgan fingerprint density at radius 3 is 2.78 bits per heavy atom. The third-order valence-corrected chi connectivity index (χ3v) is 3.09. The van der Waals surface area contributed by atoms with E-state index in [-0.39, 0.29) is 0 Å². The number of aromatic nitrogens is 1. The fourth-order valence-corrected chi connectivity index (χ4v) is 2.02. The number of methoxy groups -OCH3 is 1. The van der Waals surface area contributed by atoms with Crippen molar-refractivity contribution in [2.24, 2.45) is 5.92 Å². The number of rotatable bonds is 6. The summed E-state index contributed by atoms with van der Waals surface area (Å²) in [5.74, 6) is -2.40. The molecular weight excluding hydrogens is 294 g/mol. The van der Waals surface area contributed by atoms with E-state index < -0.39 is 17.6 Å². The van der Waals surface area contributed by atoms with E-state index in [9.17, 15) is 14.9 Å². The van der Waals surface area contributed by atoms with Crippen molar-refractivity contribution in [3.05, 3.63) is 59.8 Å². The first kappa shape index (κ1) is 16.3. The summed E-state index contributed by atoms with van der Waals surface area (Å²) >= 11 is 0. The number of anilines is 1. The van der Waals surface area contributed by atoms with E-state index in [1.54, 1.807) is 55.6 Å². The molecule has 1 aromatic heterocycles. The first-order valence-electron chi connectivity index (χ1n) is 6.89. The highest BCUT2D eigenvalue weighted by molar-refractivity contribution is 6.15. The zero-order chi connectivity index (χ0) is 16.7. The highest BCUT2D eigenvalue weighted by Gasteiger charge is 2.28. The van der Waals surface area contributed by atoms with Crippen LogP contribution < -0.4 is 5.32 Å². The molecule has 0 aliphatic carbocycles. The standard InChI is InChI=1S/C17H15N3O3/c1-23-11-12-5-4-6-13(9-12)16(21)14(10-18)17(22)20-15-7-2-3-8-19-15/h2-9,14H,11H2,1H3,(H,19,20,22). The minimum Gasteiger partial charge on any atom is -0.380 e. The molecule has 0 aliphatic heterocycles. The number of carbonyl (C=O) groups excluding carboxylic acids is 2. The summed E-state index contributed by atoms with van der Waals surface area (Å²) in [5, 5.41) is 11.7. The predicted molar refractivity (Wildman–Crippen MR) is 83.5 cm³/mol. The second-order valence-corrected chi connectivity index (χ2v) is 4.76. The lowest BCUT2D eigenvalue weighted by Gasteiger charge is -2.10. The number of carbonyl (C=O) groups is 2. The van der Waals surface area contributed by atoms with Crippen LogP contribution in [0.4, 0.5) is 5.82 Å². The van der Waals surface area contributed by atoms with Gasteiger partial charge in [0.1, 0.15) is 5.82 Å². The lowest BCUT2D eigenvalue weighted by molar-refractivity contribution is -0.117. The molecule has 6 nitrogen and oxygen atoms in total. The van der Waals surface area contributed by atoms with Gasteiger partial charge in [0.05, 0.1) is 12.7 Å². The molecule has 0 bridgehead atoms. The summed E-state index contributed by atoms with van der Waals surface area (Å²) in [6, 6.07) is 13.4. The van der Waals surface area contributed by atoms with Gasteiger partial charge in [0, 0.05) is 18.9 Å². The largest absolute Gasteiger partial charge is 0.380 e. The second kappa shape index (κ2) is 7.82. The summed E-state index contributed by atoms with van der Waals surface area (Å²) < 4.78 is 5.01. The topological polar surface area (TPSA) is 92.1 Å². The Kier molecular flexibility index (Phi) is 5.56. The first-order chi connectivity index (χ1) is 11.2. The minimum absolute atomic E-state index is 0.290. The molecule has 1 N–H and O–H groups in total. The van der Waals surface area contributed by atoms with E-state index in [1.165, 1.54) is 6.20 Å². The smallest absolute Gasteiger partial charge is 0.250 e. The molecule has 1 aromatic carbocycles. The number of benzene rings is 1. The van der Waals surface area contributed by atoms with Crippen molar-refractivity contribution in [2.45, 2.75) is 6.61 Å². The van der Waals surface area contributed by atoms with Crippen LogP contribution in [-0.2, 0) is 16.1 Å². The maximum atomic E-state index is 12.4. The number of hydrogen-bond donors (Lipinski definition) is 1. The lowest BCUT2D eigenvalue weighted by Crippen LogP contribution is -2.29. The third kappa shape index (κ3) is 4.22. The van der Waals surface area contributed by atoms with E-state index in [2.05, 4.69) is 10.3 Å². The molecule has 0 aliphatic rings. The van der Waals surface area contributed by atoms with Crippen LogP contribution in [0.5, 0.6) is 0 Å². The Morgan fingerprint density at radius 2 is 2.13 bits per heavy atom. The Bertz CT molecular complexity index is 738. The normalized spacial score (nSPS) is 11.3. The highest BCUT2D eigenvalue weighted by Crippen LogP contribution is 2.14. The van der Waals surface area contributed by atoms with Gasteiger partial charge in [0.15, 0.2) is 11.7 Å². The van der Waals surface area contributed by atoms with Gasteiger partial charge < -0.3 is 10.1 Å². The zero-order valence-corrected chi connectivity index (χ0v) is 12.5. The van der Waals surface area contributed by atoms with Crippen molar-refractivity contribution in [3.63, 3.8) is 0 Å². The number of ether oxygens (including phenoxy) is 1. The molecule has 1 unspecified atom stereocenters. The van der Waals surface area contributed by atoms with Crippen LogP contribution in [0.3, 0.4) is 0 Å². The monoisotopic (exact) mass is 309 g/mol. The third-order valence-electron chi connectivity index (χ3n) is 3.09. The molecule has 6 heteroatoms. The van der Waals surface area contributed by atoms with E-state index in [4.69, 9.17) is 4.74 Å². The summed E-state index contributed by atoms with van der Waals surface area (Å²) in [5.41, 5.74) is 1.09. The van der Waals surface area contributed by atoms with Crippen molar-refractivity contribution in [1.82, 2.24) is 4.98 Å². The Hall–Kier alpha value is -3.04. The minimum atomic E-state index is -1.44. The number of Topliss-reactive ketones (excluding diaryl/α,β-unsaturated/α-hetero) is 1. The summed E-state index contributed by atoms with van der Waals surface area (Å²) in [7, 11) is 1.55.